The number of guanidine groups is 1. The van der Waals surface area contributed by atoms with E-state index in [0.717, 1.165) is 31.5 Å². The molecular weight excluding hydrogens is 329 g/mol. The van der Waals surface area contributed by atoms with Gasteiger partial charge in [-0.1, -0.05) is 31.5 Å². The molecular formula is C18H29ClFN3O. The van der Waals surface area contributed by atoms with Crippen LogP contribution in [0.5, 0.6) is 0 Å². The lowest BCUT2D eigenvalue weighted by Crippen LogP contribution is -2.40. The minimum Gasteiger partial charge on any atom is -0.396 e. The van der Waals surface area contributed by atoms with E-state index in [4.69, 9.17) is 11.6 Å². The molecule has 0 fully saturated rings. The van der Waals surface area contributed by atoms with Gasteiger partial charge < -0.3 is 15.7 Å². The second kappa shape index (κ2) is 11.3. The SMILES string of the molecule is CCNC(=NCc1ccc(F)c(Cl)c1)NCC(CCO)CC(C)C. The lowest BCUT2D eigenvalue weighted by atomic mass is 9.94. The molecule has 0 bridgehead atoms. The molecule has 0 saturated carbocycles. The lowest BCUT2D eigenvalue weighted by Gasteiger charge is -2.20. The van der Waals surface area contributed by atoms with E-state index in [-0.39, 0.29) is 11.6 Å². The third-order valence-electron chi connectivity index (χ3n) is 3.65. The van der Waals surface area contributed by atoms with Crippen LogP contribution in [0.4, 0.5) is 4.39 Å². The van der Waals surface area contributed by atoms with Crippen LogP contribution in [-0.2, 0) is 6.54 Å². The van der Waals surface area contributed by atoms with Gasteiger partial charge in [0, 0.05) is 19.7 Å². The summed E-state index contributed by atoms with van der Waals surface area (Å²) < 4.78 is 13.2. The van der Waals surface area contributed by atoms with Crippen LogP contribution in [0.25, 0.3) is 0 Å². The van der Waals surface area contributed by atoms with E-state index >= 15 is 0 Å². The number of benzene rings is 1. The maximum absolute atomic E-state index is 13.2. The number of nitrogens with zero attached hydrogens (tertiary/aromatic N) is 1. The monoisotopic (exact) mass is 357 g/mol. The van der Waals surface area contributed by atoms with Crippen LogP contribution in [0.1, 0.15) is 39.2 Å². The Bertz CT molecular complexity index is 523. The Morgan fingerprint density at radius 3 is 2.67 bits per heavy atom. The molecule has 0 amide bonds. The normalized spacial score (nSPS) is 13.2. The van der Waals surface area contributed by atoms with Crippen molar-refractivity contribution in [2.75, 3.05) is 19.7 Å². The van der Waals surface area contributed by atoms with Crippen LogP contribution in [-0.4, -0.2) is 30.8 Å². The molecule has 0 radical (unpaired) electrons. The molecule has 1 aromatic carbocycles. The predicted molar refractivity (Wildman–Crippen MR) is 98.9 cm³/mol. The Balaban J connectivity index is 2.65. The van der Waals surface area contributed by atoms with Crippen molar-refractivity contribution >= 4 is 17.6 Å². The zero-order valence-electron chi connectivity index (χ0n) is 14.8. The molecule has 1 atom stereocenters. The van der Waals surface area contributed by atoms with Gasteiger partial charge in [0.1, 0.15) is 5.82 Å². The van der Waals surface area contributed by atoms with Gasteiger partial charge in [0.15, 0.2) is 5.96 Å². The average molecular weight is 358 g/mol. The first kappa shape index (κ1) is 20.7. The van der Waals surface area contributed by atoms with Gasteiger partial charge in [-0.05, 0) is 49.3 Å². The van der Waals surface area contributed by atoms with E-state index in [1.165, 1.54) is 6.07 Å². The van der Waals surface area contributed by atoms with Crippen LogP contribution >= 0.6 is 11.6 Å². The summed E-state index contributed by atoms with van der Waals surface area (Å²) in [6.07, 6.45) is 1.83. The fourth-order valence-corrected chi connectivity index (χ4v) is 2.75. The van der Waals surface area contributed by atoms with Gasteiger partial charge in [0.25, 0.3) is 0 Å². The molecule has 1 rings (SSSR count). The van der Waals surface area contributed by atoms with Crippen LogP contribution in [0, 0.1) is 17.7 Å². The van der Waals surface area contributed by atoms with Crippen molar-refractivity contribution in [2.45, 2.75) is 40.2 Å². The van der Waals surface area contributed by atoms with Crippen LogP contribution in [0.15, 0.2) is 23.2 Å². The van der Waals surface area contributed by atoms with Gasteiger partial charge in [-0.25, -0.2) is 9.38 Å². The third-order valence-corrected chi connectivity index (χ3v) is 3.94. The van der Waals surface area contributed by atoms with Gasteiger partial charge in [-0.3, -0.25) is 0 Å². The minimum atomic E-state index is -0.421. The fraction of sp³-hybridized carbons (Fsp3) is 0.611. The number of aliphatic hydroxyl groups is 1. The summed E-state index contributed by atoms with van der Waals surface area (Å²) in [6, 6.07) is 4.63. The highest BCUT2D eigenvalue weighted by atomic mass is 35.5. The Kier molecular flexibility index (Phi) is 9.72. The summed E-state index contributed by atoms with van der Waals surface area (Å²) in [5, 5.41) is 15.8. The maximum atomic E-state index is 13.2. The number of nitrogens with one attached hydrogen (secondary N) is 2. The molecule has 4 nitrogen and oxygen atoms in total. The Morgan fingerprint density at radius 2 is 2.08 bits per heavy atom. The molecule has 0 aromatic heterocycles. The lowest BCUT2D eigenvalue weighted by molar-refractivity contribution is 0.243. The summed E-state index contributed by atoms with van der Waals surface area (Å²) in [5.41, 5.74) is 0.854. The van der Waals surface area contributed by atoms with E-state index in [2.05, 4.69) is 29.5 Å². The molecule has 0 aliphatic carbocycles. The highest BCUT2D eigenvalue weighted by Crippen LogP contribution is 2.17. The molecule has 0 saturated heterocycles. The average Bonchev–Trinajstić information content (AvgIpc) is 2.52. The number of halogens is 2. The van der Waals surface area contributed by atoms with Crippen molar-refractivity contribution in [1.29, 1.82) is 0 Å². The van der Waals surface area contributed by atoms with E-state index in [9.17, 15) is 9.50 Å². The highest BCUT2D eigenvalue weighted by molar-refractivity contribution is 6.30. The van der Waals surface area contributed by atoms with Gasteiger partial charge in [0.2, 0.25) is 0 Å². The summed E-state index contributed by atoms with van der Waals surface area (Å²) >= 11 is 5.80. The molecule has 6 heteroatoms. The molecule has 0 aliphatic heterocycles. The number of rotatable bonds is 9. The van der Waals surface area contributed by atoms with E-state index in [1.807, 2.05) is 6.92 Å². The van der Waals surface area contributed by atoms with E-state index in [0.29, 0.717) is 24.3 Å². The van der Waals surface area contributed by atoms with Crippen LogP contribution < -0.4 is 10.6 Å². The predicted octanol–water partition coefficient (Wildman–Crippen LogP) is 3.58. The molecule has 24 heavy (non-hydrogen) atoms. The smallest absolute Gasteiger partial charge is 0.191 e. The van der Waals surface area contributed by atoms with Gasteiger partial charge in [0.05, 0.1) is 11.6 Å². The van der Waals surface area contributed by atoms with Crippen LogP contribution in [0.2, 0.25) is 5.02 Å². The van der Waals surface area contributed by atoms with E-state index in [1.54, 1.807) is 12.1 Å². The van der Waals surface area contributed by atoms with Crippen molar-refractivity contribution in [3.63, 3.8) is 0 Å². The molecule has 3 N–H and O–H groups in total. The first-order valence-corrected chi connectivity index (χ1v) is 8.91. The number of aliphatic hydroxyl groups excluding tert-OH is 1. The molecule has 0 spiro atoms. The van der Waals surface area contributed by atoms with Crippen molar-refractivity contribution in [2.24, 2.45) is 16.8 Å². The second-order valence-corrected chi connectivity index (χ2v) is 6.74. The van der Waals surface area contributed by atoms with Crippen molar-refractivity contribution in [3.05, 3.63) is 34.6 Å². The first-order valence-electron chi connectivity index (χ1n) is 8.53. The zero-order chi connectivity index (χ0) is 17.9. The zero-order valence-corrected chi connectivity index (χ0v) is 15.5. The quantitative estimate of drug-likeness (QED) is 0.467. The molecule has 1 unspecified atom stereocenters. The number of hydrogen-bond donors (Lipinski definition) is 3. The Hall–Kier alpha value is -1.33. The largest absolute Gasteiger partial charge is 0.396 e. The van der Waals surface area contributed by atoms with Crippen molar-refractivity contribution in [1.82, 2.24) is 10.6 Å². The summed E-state index contributed by atoms with van der Waals surface area (Å²) in [7, 11) is 0. The summed E-state index contributed by atoms with van der Waals surface area (Å²) in [4.78, 5) is 4.52. The molecule has 0 heterocycles. The van der Waals surface area contributed by atoms with Gasteiger partial charge >= 0.3 is 0 Å². The van der Waals surface area contributed by atoms with Crippen LogP contribution in [0.3, 0.4) is 0 Å². The maximum Gasteiger partial charge on any atom is 0.191 e. The van der Waals surface area contributed by atoms with Gasteiger partial charge in [-0.2, -0.15) is 0 Å². The first-order chi connectivity index (χ1) is 11.5. The number of aliphatic imine (C=N–C) groups is 1. The van der Waals surface area contributed by atoms with Crippen molar-refractivity contribution in [3.8, 4) is 0 Å². The van der Waals surface area contributed by atoms with Crippen molar-refractivity contribution < 1.29 is 9.50 Å². The second-order valence-electron chi connectivity index (χ2n) is 6.33. The molecule has 0 aliphatic rings. The molecule has 1 aromatic rings. The standard InChI is InChI=1S/C18H29ClFN3O/c1-4-21-18(23-12-15(7-8-24)9-13(2)3)22-11-14-5-6-17(20)16(19)10-14/h5-6,10,13,15,24H,4,7-9,11-12H2,1-3H3,(H2,21,22,23). The Morgan fingerprint density at radius 1 is 1.33 bits per heavy atom. The molecule has 136 valence electrons. The van der Waals surface area contributed by atoms with Gasteiger partial charge in [-0.15, -0.1) is 0 Å². The van der Waals surface area contributed by atoms with E-state index < -0.39 is 5.82 Å². The summed E-state index contributed by atoms with van der Waals surface area (Å²) in [6.45, 7) is 8.50. The topological polar surface area (TPSA) is 56.7 Å². The minimum absolute atomic E-state index is 0.112. The summed E-state index contributed by atoms with van der Waals surface area (Å²) in [5.74, 6) is 1.28. The Labute approximate surface area is 149 Å². The third kappa shape index (κ3) is 7.97. The number of hydrogen-bond acceptors (Lipinski definition) is 2. The highest BCUT2D eigenvalue weighted by Gasteiger charge is 2.11. The fourth-order valence-electron chi connectivity index (χ4n) is 2.54.